The molecule has 0 radical (unpaired) electrons. The largest absolute Gasteiger partial charge is 0.492 e. The van der Waals surface area contributed by atoms with E-state index >= 15 is 0 Å². The Morgan fingerprint density at radius 2 is 1.60 bits per heavy atom. The minimum atomic E-state index is 0.426. The summed E-state index contributed by atoms with van der Waals surface area (Å²) in [6.45, 7) is 0.574. The smallest absolute Gasteiger partial charge is 0.139 e. The lowest BCUT2D eigenvalue weighted by molar-refractivity contribution is 0.310. The fraction of sp³-hybridized carbons (Fsp3) is 0.400. The van der Waals surface area contributed by atoms with Crippen LogP contribution in [-0.4, -0.2) is 12.5 Å². The highest BCUT2D eigenvalue weighted by molar-refractivity contribution is 6.43. The topological polar surface area (TPSA) is 9.23 Å². The van der Waals surface area contributed by atoms with Gasteiger partial charge in [-0.2, -0.15) is 0 Å². The third-order valence-electron chi connectivity index (χ3n) is 1.76. The number of unbranched alkanes of at least 4 members (excludes halogenated alkanes) is 1. The number of hydrogen-bond acceptors (Lipinski definition) is 1. The Kier molecular flexibility index (Phi) is 5.91. The number of halogens is 4. The summed E-state index contributed by atoms with van der Waals surface area (Å²) >= 11 is 23.1. The Bertz CT molecular complexity index is 327. The summed E-state index contributed by atoms with van der Waals surface area (Å²) < 4.78 is 5.44. The van der Waals surface area contributed by atoms with Gasteiger partial charge in [0.15, 0.2) is 0 Å². The van der Waals surface area contributed by atoms with Crippen molar-refractivity contribution in [3.8, 4) is 5.75 Å². The molecule has 0 heterocycles. The first-order valence-electron chi connectivity index (χ1n) is 4.48. The summed E-state index contributed by atoms with van der Waals surface area (Å²) in [5, 5.41) is 1.33. The molecule has 0 saturated heterocycles. The summed E-state index contributed by atoms with van der Waals surface area (Å²) in [5.74, 6) is 1.19. The third-order valence-corrected chi connectivity index (χ3v) is 3.05. The number of rotatable bonds is 5. The SMILES string of the molecule is ClCCCCOc1cc(Cl)c(Cl)cc1Cl. The zero-order valence-electron chi connectivity index (χ0n) is 7.90. The summed E-state index contributed by atoms with van der Waals surface area (Å²) in [4.78, 5) is 0. The molecular weight excluding hydrogens is 278 g/mol. The van der Waals surface area contributed by atoms with E-state index in [0.29, 0.717) is 33.3 Å². The van der Waals surface area contributed by atoms with Gasteiger partial charge < -0.3 is 4.74 Å². The summed E-state index contributed by atoms with van der Waals surface area (Å²) in [6, 6.07) is 3.19. The van der Waals surface area contributed by atoms with Crippen molar-refractivity contribution in [3.63, 3.8) is 0 Å². The first-order chi connectivity index (χ1) is 7.15. The second-order valence-electron chi connectivity index (χ2n) is 2.94. The average molecular weight is 288 g/mol. The van der Waals surface area contributed by atoms with Crippen LogP contribution in [0.2, 0.25) is 15.1 Å². The molecule has 0 atom stereocenters. The summed E-state index contributed by atoms with van der Waals surface area (Å²) in [6.07, 6.45) is 1.81. The first-order valence-corrected chi connectivity index (χ1v) is 6.15. The minimum Gasteiger partial charge on any atom is -0.492 e. The van der Waals surface area contributed by atoms with E-state index in [9.17, 15) is 0 Å². The molecule has 0 aliphatic heterocycles. The fourth-order valence-electron chi connectivity index (χ4n) is 0.994. The Hall–Kier alpha value is 0.180. The minimum absolute atomic E-state index is 0.426. The molecule has 0 bridgehead atoms. The average Bonchev–Trinajstić information content (AvgIpc) is 2.20. The first kappa shape index (κ1) is 13.2. The number of benzene rings is 1. The standard InChI is InChI=1S/C10H10Cl4O/c11-3-1-2-4-15-10-6-8(13)7(12)5-9(10)14/h5-6H,1-4H2. The van der Waals surface area contributed by atoms with Crippen LogP contribution >= 0.6 is 46.4 Å². The lowest BCUT2D eigenvalue weighted by Gasteiger charge is -2.08. The molecule has 1 rings (SSSR count). The van der Waals surface area contributed by atoms with E-state index in [0.717, 1.165) is 12.8 Å². The molecule has 0 spiro atoms. The van der Waals surface area contributed by atoms with Crippen molar-refractivity contribution in [1.29, 1.82) is 0 Å². The van der Waals surface area contributed by atoms with Gasteiger partial charge in [0.05, 0.1) is 21.7 Å². The number of hydrogen-bond donors (Lipinski definition) is 0. The molecule has 0 N–H and O–H groups in total. The Labute approximate surface area is 109 Å². The van der Waals surface area contributed by atoms with Gasteiger partial charge in [-0.3, -0.25) is 0 Å². The molecule has 5 heteroatoms. The molecule has 0 amide bonds. The lowest BCUT2D eigenvalue weighted by Crippen LogP contribution is -1.98. The van der Waals surface area contributed by atoms with Crippen LogP contribution in [0.15, 0.2) is 12.1 Å². The molecule has 0 saturated carbocycles. The Morgan fingerprint density at radius 3 is 2.27 bits per heavy atom. The zero-order chi connectivity index (χ0) is 11.3. The van der Waals surface area contributed by atoms with Gasteiger partial charge in [-0.25, -0.2) is 0 Å². The van der Waals surface area contributed by atoms with Crippen molar-refractivity contribution in [2.24, 2.45) is 0 Å². The van der Waals surface area contributed by atoms with Crippen molar-refractivity contribution in [1.82, 2.24) is 0 Å². The molecule has 1 aromatic rings. The van der Waals surface area contributed by atoms with E-state index in [1.165, 1.54) is 0 Å². The van der Waals surface area contributed by atoms with Gasteiger partial charge in [0, 0.05) is 11.9 Å². The molecule has 1 aromatic carbocycles. The van der Waals surface area contributed by atoms with E-state index in [1.807, 2.05) is 0 Å². The molecule has 0 aromatic heterocycles. The van der Waals surface area contributed by atoms with Crippen molar-refractivity contribution in [2.75, 3.05) is 12.5 Å². The quantitative estimate of drug-likeness (QED) is 0.419. The van der Waals surface area contributed by atoms with Crippen molar-refractivity contribution in [2.45, 2.75) is 12.8 Å². The predicted molar refractivity (Wildman–Crippen MR) is 66.9 cm³/mol. The number of alkyl halides is 1. The van der Waals surface area contributed by atoms with E-state index in [2.05, 4.69) is 0 Å². The van der Waals surface area contributed by atoms with Gasteiger partial charge in [-0.15, -0.1) is 11.6 Å². The Balaban J connectivity index is 2.57. The highest BCUT2D eigenvalue weighted by Gasteiger charge is 2.06. The molecule has 0 aliphatic carbocycles. The third kappa shape index (κ3) is 4.28. The van der Waals surface area contributed by atoms with E-state index in [-0.39, 0.29) is 0 Å². The summed E-state index contributed by atoms with van der Waals surface area (Å²) in [5.41, 5.74) is 0. The zero-order valence-corrected chi connectivity index (χ0v) is 10.9. The second-order valence-corrected chi connectivity index (χ2v) is 4.54. The lowest BCUT2D eigenvalue weighted by atomic mass is 10.3. The monoisotopic (exact) mass is 286 g/mol. The van der Waals surface area contributed by atoms with Crippen LogP contribution in [0.5, 0.6) is 5.75 Å². The van der Waals surface area contributed by atoms with Gasteiger partial charge in [0.1, 0.15) is 5.75 Å². The number of ether oxygens (including phenoxy) is 1. The highest BCUT2D eigenvalue weighted by Crippen LogP contribution is 2.33. The highest BCUT2D eigenvalue weighted by atomic mass is 35.5. The fourth-order valence-corrected chi connectivity index (χ4v) is 1.77. The molecule has 15 heavy (non-hydrogen) atoms. The maximum Gasteiger partial charge on any atom is 0.139 e. The van der Waals surface area contributed by atoms with Gasteiger partial charge in [0.25, 0.3) is 0 Å². The van der Waals surface area contributed by atoms with Crippen molar-refractivity contribution in [3.05, 3.63) is 27.2 Å². The molecule has 84 valence electrons. The van der Waals surface area contributed by atoms with Crippen LogP contribution in [0, 0.1) is 0 Å². The van der Waals surface area contributed by atoms with Gasteiger partial charge in [0.2, 0.25) is 0 Å². The Morgan fingerprint density at radius 1 is 0.933 bits per heavy atom. The van der Waals surface area contributed by atoms with Crippen LogP contribution in [0.3, 0.4) is 0 Å². The second kappa shape index (κ2) is 6.70. The van der Waals surface area contributed by atoms with Crippen LogP contribution in [-0.2, 0) is 0 Å². The normalized spacial score (nSPS) is 10.4. The van der Waals surface area contributed by atoms with E-state index in [4.69, 9.17) is 51.1 Å². The molecule has 0 aliphatic rings. The van der Waals surface area contributed by atoms with Crippen LogP contribution < -0.4 is 4.74 Å². The molecule has 1 nitrogen and oxygen atoms in total. The van der Waals surface area contributed by atoms with Gasteiger partial charge >= 0.3 is 0 Å². The van der Waals surface area contributed by atoms with E-state index in [1.54, 1.807) is 12.1 Å². The van der Waals surface area contributed by atoms with Crippen LogP contribution in [0.25, 0.3) is 0 Å². The molecule has 0 fully saturated rings. The van der Waals surface area contributed by atoms with Crippen LogP contribution in [0.4, 0.5) is 0 Å². The summed E-state index contributed by atoms with van der Waals surface area (Å²) in [7, 11) is 0. The van der Waals surface area contributed by atoms with Crippen molar-refractivity contribution >= 4 is 46.4 Å². The maximum atomic E-state index is 5.92. The predicted octanol–water partition coefficient (Wildman–Crippen LogP) is 5.04. The van der Waals surface area contributed by atoms with Gasteiger partial charge in [-0.05, 0) is 18.9 Å². The van der Waals surface area contributed by atoms with E-state index < -0.39 is 0 Å². The van der Waals surface area contributed by atoms with Gasteiger partial charge in [-0.1, -0.05) is 34.8 Å². The van der Waals surface area contributed by atoms with Crippen LogP contribution in [0.1, 0.15) is 12.8 Å². The van der Waals surface area contributed by atoms with Crippen molar-refractivity contribution < 1.29 is 4.74 Å². The molecule has 0 unspecified atom stereocenters. The maximum absolute atomic E-state index is 5.92. The molecular formula is C10H10Cl4O.